The summed E-state index contributed by atoms with van der Waals surface area (Å²) < 4.78 is 6.31. The summed E-state index contributed by atoms with van der Waals surface area (Å²) in [6.45, 7) is 2.04. The van der Waals surface area contributed by atoms with Gasteiger partial charge in [0.05, 0.1) is 18.2 Å². The standard InChI is InChI=1S/C14H12BrN3O/c1-8-3-4-12(19-2)10(5-8)13-17-11-6-9(15)7-16-14(11)18-13/h3-7H,1-2H3,(H,16,17,18). The number of fused-ring (bicyclic) bond motifs is 1. The second-order valence-electron chi connectivity index (χ2n) is 4.31. The summed E-state index contributed by atoms with van der Waals surface area (Å²) in [4.78, 5) is 12.1. The molecule has 1 N–H and O–H groups in total. The zero-order valence-electron chi connectivity index (χ0n) is 10.6. The number of imidazole rings is 1. The third kappa shape index (κ3) is 2.21. The topological polar surface area (TPSA) is 50.8 Å². The van der Waals surface area contributed by atoms with Crippen LogP contribution in [0.15, 0.2) is 34.9 Å². The fourth-order valence-corrected chi connectivity index (χ4v) is 2.34. The van der Waals surface area contributed by atoms with Crippen LogP contribution in [-0.4, -0.2) is 22.1 Å². The molecule has 0 saturated carbocycles. The molecule has 96 valence electrons. The minimum Gasteiger partial charge on any atom is -0.496 e. The van der Waals surface area contributed by atoms with E-state index < -0.39 is 0 Å². The van der Waals surface area contributed by atoms with Gasteiger partial charge < -0.3 is 9.72 Å². The van der Waals surface area contributed by atoms with Crippen LogP contribution < -0.4 is 4.74 Å². The minimum absolute atomic E-state index is 0.696. The number of halogens is 1. The van der Waals surface area contributed by atoms with Crippen LogP contribution in [0.5, 0.6) is 5.75 Å². The van der Waals surface area contributed by atoms with E-state index in [1.807, 2.05) is 31.2 Å². The van der Waals surface area contributed by atoms with Crippen molar-refractivity contribution in [2.24, 2.45) is 0 Å². The smallest absolute Gasteiger partial charge is 0.178 e. The van der Waals surface area contributed by atoms with Gasteiger partial charge in [0.25, 0.3) is 0 Å². The number of nitrogens with zero attached hydrogens (tertiary/aromatic N) is 2. The number of methoxy groups -OCH3 is 1. The molecule has 0 unspecified atom stereocenters. The SMILES string of the molecule is COc1ccc(C)cc1-c1nc2ncc(Br)cc2[nH]1. The quantitative estimate of drug-likeness (QED) is 0.784. The van der Waals surface area contributed by atoms with E-state index in [0.29, 0.717) is 5.65 Å². The van der Waals surface area contributed by atoms with E-state index in [-0.39, 0.29) is 0 Å². The number of benzene rings is 1. The van der Waals surface area contributed by atoms with Crippen LogP contribution in [0.3, 0.4) is 0 Å². The lowest BCUT2D eigenvalue weighted by molar-refractivity contribution is 0.416. The molecular formula is C14H12BrN3O. The van der Waals surface area contributed by atoms with Crippen molar-refractivity contribution in [1.82, 2.24) is 15.0 Å². The molecule has 0 atom stereocenters. The summed E-state index contributed by atoms with van der Waals surface area (Å²) in [5, 5.41) is 0. The fourth-order valence-electron chi connectivity index (χ4n) is 2.01. The zero-order valence-corrected chi connectivity index (χ0v) is 12.2. The van der Waals surface area contributed by atoms with Crippen LogP contribution >= 0.6 is 15.9 Å². The molecule has 0 aliphatic rings. The van der Waals surface area contributed by atoms with Crippen LogP contribution in [0.25, 0.3) is 22.6 Å². The normalized spacial score (nSPS) is 10.9. The number of ether oxygens (including phenoxy) is 1. The lowest BCUT2D eigenvalue weighted by Gasteiger charge is -2.06. The molecule has 0 amide bonds. The highest BCUT2D eigenvalue weighted by Crippen LogP contribution is 2.30. The highest BCUT2D eigenvalue weighted by Gasteiger charge is 2.11. The Kier molecular flexibility index (Phi) is 2.98. The van der Waals surface area contributed by atoms with E-state index in [1.54, 1.807) is 13.3 Å². The Balaban J connectivity index is 2.21. The number of nitrogens with one attached hydrogen (secondary N) is 1. The van der Waals surface area contributed by atoms with Crippen LogP contribution in [0.1, 0.15) is 5.56 Å². The summed E-state index contributed by atoms with van der Waals surface area (Å²) in [5.74, 6) is 1.56. The lowest BCUT2D eigenvalue weighted by atomic mass is 10.1. The van der Waals surface area contributed by atoms with E-state index in [9.17, 15) is 0 Å². The molecule has 0 fully saturated rings. The molecule has 2 heterocycles. The van der Waals surface area contributed by atoms with E-state index in [2.05, 4.69) is 30.9 Å². The van der Waals surface area contributed by atoms with E-state index >= 15 is 0 Å². The van der Waals surface area contributed by atoms with Crippen molar-refractivity contribution in [3.05, 3.63) is 40.5 Å². The van der Waals surface area contributed by atoms with E-state index in [1.165, 1.54) is 0 Å². The van der Waals surface area contributed by atoms with Gasteiger partial charge in [0, 0.05) is 10.7 Å². The molecule has 5 heteroatoms. The Hall–Kier alpha value is -1.88. The number of aryl methyl sites for hydroxylation is 1. The first-order chi connectivity index (χ1) is 9.17. The third-order valence-electron chi connectivity index (χ3n) is 2.91. The van der Waals surface area contributed by atoms with Gasteiger partial charge in [0.2, 0.25) is 0 Å². The molecule has 1 aromatic carbocycles. The average Bonchev–Trinajstić information content (AvgIpc) is 2.81. The van der Waals surface area contributed by atoms with Crippen molar-refractivity contribution in [3.63, 3.8) is 0 Å². The molecule has 3 aromatic rings. The number of hydrogen-bond donors (Lipinski definition) is 1. The summed E-state index contributed by atoms with van der Waals surface area (Å²) in [6.07, 6.45) is 1.74. The summed E-state index contributed by atoms with van der Waals surface area (Å²) in [7, 11) is 1.66. The van der Waals surface area contributed by atoms with Crippen molar-refractivity contribution < 1.29 is 4.74 Å². The Morgan fingerprint density at radius 3 is 2.89 bits per heavy atom. The van der Waals surface area contributed by atoms with Crippen LogP contribution in [0.4, 0.5) is 0 Å². The summed E-state index contributed by atoms with van der Waals surface area (Å²) in [5.41, 5.74) is 3.69. The minimum atomic E-state index is 0.696. The van der Waals surface area contributed by atoms with Gasteiger partial charge in [-0.3, -0.25) is 0 Å². The lowest BCUT2D eigenvalue weighted by Crippen LogP contribution is -1.90. The monoisotopic (exact) mass is 317 g/mol. The number of pyridine rings is 1. The molecular weight excluding hydrogens is 306 g/mol. The maximum atomic E-state index is 5.38. The van der Waals surface area contributed by atoms with Gasteiger partial charge in [-0.25, -0.2) is 9.97 Å². The number of aromatic nitrogens is 3. The van der Waals surface area contributed by atoms with Gasteiger partial charge in [-0.05, 0) is 41.1 Å². The number of hydrogen-bond acceptors (Lipinski definition) is 3. The molecule has 0 saturated heterocycles. The summed E-state index contributed by atoms with van der Waals surface area (Å²) in [6, 6.07) is 7.97. The van der Waals surface area contributed by atoms with Gasteiger partial charge in [-0.2, -0.15) is 0 Å². The first-order valence-electron chi connectivity index (χ1n) is 5.83. The van der Waals surface area contributed by atoms with Crippen molar-refractivity contribution >= 4 is 27.1 Å². The molecule has 19 heavy (non-hydrogen) atoms. The van der Waals surface area contributed by atoms with Crippen molar-refractivity contribution in [1.29, 1.82) is 0 Å². The van der Waals surface area contributed by atoms with Gasteiger partial charge >= 0.3 is 0 Å². The largest absolute Gasteiger partial charge is 0.496 e. The van der Waals surface area contributed by atoms with Crippen LogP contribution in [-0.2, 0) is 0 Å². The number of aromatic amines is 1. The van der Waals surface area contributed by atoms with Crippen LogP contribution in [0.2, 0.25) is 0 Å². The summed E-state index contributed by atoms with van der Waals surface area (Å²) >= 11 is 3.40. The second-order valence-corrected chi connectivity index (χ2v) is 5.23. The van der Waals surface area contributed by atoms with E-state index in [0.717, 1.165) is 32.7 Å². The van der Waals surface area contributed by atoms with Gasteiger partial charge in [-0.1, -0.05) is 11.6 Å². The zero-order chi connectivity index (χ0) is 13.4. The van der Waals surface area contributed by atoms with Crippen molar-refractivity contribution in [2.45, 2.75) is 6.92 Å². The average molecular weight is 318 g/mol. The maximum Gasteiger partial charge on any atom is 0.178 e. The second kappa shape index (κ2) is 4.66. The fraction of sp³-hybridized carbons (Fsp3) is 0.143. The molecule has 0 aliphatic heterocycles. The maximum absolute atomic E-state index is 5.38. The Morgan fingerprint density at radius 1 is 1.26 bits per heavy atom. The Morgan fingerprint density at radius 2 is 2.11 bits per heavy atom. The van der Waals surface area contributed by atoms with Crippen molar-refractivity contribution in [3.8, 4) is 17.1 Å². The molecule has 3 rings (SSSR count). The number of rotatable bonds is 2. The predicted molar refractivity (Wildman–Crippen MR) is 78.3 cm³/mol. The highest BCUT2D eigenvalue weighted by molar-refractivity contribution is 9.10. The molecule has 0 radical (unpaired) electrons. The molecule has 0 bridgehead atoms. The Bertz CT molecular complexity index is 752. The molecule has 0 aliphatic carbocycles. The number of H-pyrrole nitrogens is 1. The van der Waals surface area contributed by atoms with Gasteiger partial charge in [0.15, 0.2) is 5.65 Å². The third-order valence-corrected chi connectivity index (χ3v) is 3.35. The Labute approximate surface area is 119 Å². The van der Waals surface area contributed by atoms with Gasteiger partial charge in [0.1, 0.15) is 11.6 Å². The molecule has 2 aromatic heterocycles. The highest BCUT2D eigenvalue weighted by atomic mass is 79.9. The first-order valence-corrected chi connectivity index (χ1v) is 6.63. The van der Waals surface area contributed by atoms with Crippen LogP contribution in [0, 0.1) is 6.92 Å². The predicted octanol–water partition coefficient (Wildman–Crippen LogP) is 3.70. The molecule has 4 nitrogen and oxygen atoms in total. The first kappa shape index (κ1) is 12.2. The molecule has 0 spiro atoms. The van der Waals surface area contributed by atoms with Crippen molar-refractivity contribution in [2.75, 3.05) is 7.11 Å². The van der Waals surface area contributed by atoms with E-state index in [4.69, 9.17) is 4.74 Å². The van der Waals surface area contributed by atoms with Gasteiger partial charge in [-0.15, -0.1) is 0 Å².